The van der Waals surface area contributed by atoms with Crippen LogP contribution in [0.2, 0.25) is 0 Å². The SMILES string of the molecule is Cc1c(Oc2ccc3c(c2)CC(NC(=O)c2ccc(-c4cccc(C(F)(F)F)c4)o2)CC3)ccnc1C(N)=O. The number of rotatable bonds is 6. The fourth-order valence-corrected chi connectivity index (χ4v) is 4.64. The van der Waals surface area contributed by atoms with Gasteiger partial charge in [0.25, 0.3) is 11.8 Å². The number of aromatic nitrogens is 1. The molecular weight excluding hydrogens is 511 g/mol. The van der Waals surface area contributed by atoms with Crippen LogP contribution in [-0.2, 0) is 19.0 Å². The molecule has 1 aliphatic carbocycles. The fraction of sp³-hybridized carbons (Fsp3) is 0.207. The largest absolute Gasteiger partial charge is 0.457 e. The number of amides is 2. The number of carbonyl (C=O) groups is 2. The standard InChI is InChI=1S/C29H24F3N3O4/c1-16-23(11-12-34-26(16)27(33)36)38-22-8-6-17-5-7-21(14-19(17)15-22)35-28(37)25-10-9-24(39-25)18-3-2-4-20(13-18)29(30,31)32/h2-4,6,8-13,15,21H,5,7,14H2,1H3,(H2,33,36)(H,35,37). The van der Waals surface area contributed by atoms with Crippen molar-refractivity contribution in [3.8, 4) is 22.8 Å². The first-order valence-electron chi connectivity index (χ1n) is 12.2. The number of primary amides is 1. The Hall–Kier alpha value is -4.60. The number of fused-ring (bicyclic) bond motifs is 1. The van der Waals surface area contributed by atoms with Crippen LogP contribution < -0.4 is 15.8 Å². The average molecular weight is 536 g/mol. The lowest BCUT2D eigenvalue weighted by molar-refractivity contribution is -0.137. The van der Waals surface area contributed by atoms with E-state index in [9.17, 15) is 22.8 Å². The van der Waals surface area contributed by atoms with Gasteiger partial charge < -0.3 is 20.2 Å². The summed E-state index contributed by atoms with van der Waals surface area (Å²) >= 11 is 0. The molecule has 0 bridgehead atoms. The van der Waals surface area contributed by atoms with Crippen LogP contribution in [0.15, 0.2) is 71.3 Å². The van der Waals surface area contributed by atoms with Crippen LogP contribution in [0, 0.1) is 6.92 Å². The quantitative estimate of drug-likeness (QED) is 0.322. The number of benzene rings is 2. The maximum Gasteiger partial charge on any atom is 0.416 e. The summed E-state index contributed by atoms with van der Waals surface area (Å²) in [4.78, 5) is 28.5. The predicted molar refractivity (Wildman–Crippen MR) is 136 cm³/mol. The molecule has 1 aliphatic rings. The maximum absolute atomic E-state index is 13.1. The Labute approximate surface area is 221 Å². The number of alkyl halides is 3. The summed E-state index contributed by atoms with van der Waals surface area (Å²) in [5.41, 5.74) is 7.65. The molecule has 0 saturated heterocycles. The van der Waals surface area contributed by atoms with E-state index in [-0.39, 0.29) is 28.8 Å². The van der Waals surface area contributed by atoms with Crippen LogP contribution in [0.4, 0.5) is 13.2 Å². The molecule has 3 N–H and O–H groups in total. The van der Waals surface area contributed by atoms with E-state index in [4.69, 9.17) is 14.9 Å². The first-order valence-corrected chi connectivity index (χ1v) is 12.2. The molecule has 10 heteroatoms. The molecule has 7 nitrogen and oxygen atoms in total. The molecule has 0 aliphatic heterocycles. The Balaban J connectivity index is 1.27. The molecular formula is C29H24F3N3O4. The van der Waals surface area contributed by atoms with Gasteiger partial charge in [0.1, 0.15) is 23.0 Å². The van der Waals surface area contributed by atoms with Crippen LogP contribution >= 0.6 is 0 Å². The summed E-state index contributed by atoms with van der Waals surface area (Å²) in [5, 5.41) is 2.96. The molecule has 0 radical (unpaired) electrons. The summed E-state index contributed by atoms with van der Waals surface area (Å²) in [6.45, 7) is 1.71. The molecule has 0 spiro atoms. The van der Waals surface area contributed by atoms with Gasteiger partial charge in [-0.1, -0.05) is 18.2 Å². The minimum atomic E-state index is -4.48. The van der Waals surface area contributed by atoms with Crippen LogP contribution in [0.1, 0.15) is 49.7 Å². The van der Waals surface area contributed by atoms with Gasteiger partial charge in [-0.25, -0.2) is 0 Å². The minimum Gasteiger partial charge on any atom is -0.457 e. The van der Waals surface area contributed by atoms with E-state index >= 15 is 0 Å². The highest BCUT2D eigenvalue weighted by atomic mass is 19.4. The van der Waals surface area contributed by atoms with Crippen LogP contribution in [0.5, 0.6) is 11.5 Å². The lowest BCUT2D eigenvalue weighted by Crippen LogP contribution is -2.38. The van der Waals surface area contributed by atoms with Crippen molar-refractivity contribution < 1.29 is 31.9 Å². The number of ether oxygens (including phenoxy) is 1. The van der Waals surface area contributed by atoms with E-state index in [1.165, 1.54) is 30.5 Å². The average Bonchev–Trinajstić information content (AvgIpc) is 3.40. The van der Waals surface area contributed by atoms with Crippen molar-refractivity contribution in [1.82, 2.24) is 10.3 Å². The molecule has 0 fully saturated rings. The molecule has 2 amide bonds. The van der Waals surface area contributed by atoms with Crippen molar-refractivity contribution in [3.63, 3.8) is 0 Å². The molecule has 1 unspecified atom stereocenters. The van der Waals surface area contributed by atoms with Gasteiger partial charge in [-0.3, -0.25) is 14.6 Å². The number of halogens is 3. The van der Waals surface area contributed by atoms with Crippen LogP contribution in [0.3, 0.4) is 0 Å². The lowest BCUT2D eigenvalue weighted by Gasteiger charge is -2.25. The van der Waals surface area contributed by atoms with Gasteiger partial charge in [-0.2, -0.15) is 13.2 Å². The van der Waals surface area contributed by atoms with Gasteiger partial charge in [-0.15, -0.1) is 0 Å². The minimum absolute atomic E-state index is 0.0173. The third kappa shape index (κ3) is 5.64. The van der Waals surface area contributed by atoms with E-state index in [1.807, 2.05) is 18.2 Å². The number of nitrogens with zero attached hydrogens (tertiary/aromatic N) is 1. The highest BCUT2D eigenvalue weighted by Crippen LogP contribution is 2.33. The number of furan rings is 1. The zero-order valence-electron chi connectivity index (χ0n) is 20.8. The van der Waals surface area contributed by atoms with Gasteiger partial charge >= 0.3 is 6.18 Å². The van der Waals surface area contributed by atoms with Crippen LogP contribution in [0.25, 0.3) is 11.3 Å². The summed E-state index contributed by atoms with van der Waals surface area (Å²) in [5.74, 6) is 0.147. The molecule has 4 aromatic rings. The molecule has 1 atom stereocenters. The Morgan fingerprint density at radius 2 is 1.90 bits per heavy atom. The number of pyridine rings is 1. The topological polar surface area (TPSA) is 107 Å². The van der Waals surface area contributed by atoms with E-state index in [1.54, 1.807) is 13.0 Å². The van der Waals surface area contributed by atoms with Crippen molar-refractivity contribution in [2.24, 2.45) is 5.73 Å². The van der Waals surface area contributed by atoms with E-state index in [2.05, 4.69) is 10.3 Å². The second kappa shape index (κ2) is 10.3. The first kappa shape index (κ1) is 26.0. The number of hydrogen-bond acceptors (Lipinski definition) is 5. The molecule has 2 aromatic heterocycles. The van der Waals surface area contributed by atoms with E-state index in [0.717, 1.165) is 29.7 Å². The van der Waals surface area contributed by atoms with Crippen molar-refractivity contribution >= 4 is 11.8 Å². The third-order valence-corrected chi connectivity index (χ3v) is 6.66. The Bertz CT molecular complexity index is 1560. The smallest absolute Gasteiger partial charge is 0.416 e. The molecule has 0 saturated carbocycles. The Morgan fingerprint density at radius 1 is 1.08 bits per heavy atom. The molecule has 2 heterocycles. The summed E-state index contributed by atoms with van der Waals surface area (Å²) in [6, 6.07) is 14.9. The molecule has 200 valence electrons. The lowest BCUT2D eigenvalue weighted by atomic mass is 9.88. The van der Waals surface area contributed by atoms with Gasteiger partial charge in [-0.05, 0) is 79.8 Å². The summed E-state index contributed by atoms with van der Waals surface area (Å²) < 4.78 is 50.8. The van der Waals surface area contributed by atoms with Crippen molar-refractivity contribution in [3.05, 3.63) is 101 Å². The van der Waals surface area contributed by atoms with Gasteiger partial charge in [0.2, 0.25) is 0 Å². The van der Waals surface area contributed by atoms with E-state index < -0.39 is 23.6 Å². The van der Waals surface area contributed by atoms with Crippen molar-refractivity contribution in [2.75, 3.05) is 0 Å². The second-order valence-electron chi connectivity index (χ2n) is 9.34. The molecule has 5 rings (SSSR count). The Morgan fingerprint density at radius 3 is 2.67 bits per heavy atom. The van der Waals surface area contributed by atoms with Gasteiger partial charge in [0.05, 0.1) is 5.56 Å². The van der Waals surface area contributed by atoms with E-state index in [0.29, 0.717) is 29.9 Å². The first-order chi connectivity index (χ1) is 18.6. The van der Waals surface area contributed by atoms with Gasteiger partial charge in [0, 0.05) is 23.4 Å². The highest BCUT2D eigenvalue weighted by molar-refractivity contribution is 5.93. The maximum atomic E-state index is 13.1. The highest BCUT2D eigenvalue weighted by Gasteiger charge is 2.31. The van der Waals surface area contributed by atoms with Gasteiger partial charge in [0.15, 0.2) is 5.76 Å². The summed E-state index contributed by atoms with van der Waals surface area (Å²) in [7, 11) is 0. The number of carbonyl (C=O) groups excluding carboxylic acids is 2. The molecule has 39 heavy (non-hydrogen) atoms. The predicted octanol–water partition coefficient (Wildman–Crippen LogP) is 5.85. The second-order valence-corrected chi connectivity index (χ2v) is 9.34. The zero-order valence-corrected chi connectivity index (χ0v) is 20.8. The van der Waals surface area contributed by atoms with Crippen molar-refractivity contribution in [1.29, 1.82) is 0 Å². The third-order valence-electron chi connectivity index (χ3n) is 6.66. The Kier molecular flexibility index (Phi) is 6.86. The monoisotopic (exact) mass is 535 g/mol. The number of aryl methyl sites for hydroxylation is 1. The molecule has 2 aromatic carbocycles. The summed E-state index contributed by atoms with van der Waals surface area (Å²) in [6.07, 6.45) is -1.00. The number of nitrogens with two attached hydrogens (primary N) is 1. The number of nitrogens with one attached hydrogen (secondary N) is 1. The zero-order chi connectivity index (χ0) is 27.7. The number of hydrogen-bond donors (Lipinski definition) is 2. The fourth-order valence-electron chi connectivity index (χ4n) is 4.64. The normalized spacial score (nSPS) is 14.9. The van der Waals surface area contributed by atoms with Crippen LogP contribution in [-0.4, -0.2) is 22.8 Å². The van der Waals surface area contributed by atoms with Crippen molar-refractivity contribution in [2.45, 2.75) is 38.4 Å².